The third-order valence-corrected chi connectivity index (χ3v) is 5.95. The lowest BCUT2D eigenvalue weighted by Crippen LogP contribution is -2.05. The third kappa shape index (κ3) is 3.77. The number of benzene rings is 2. The van der Waals surface area contributed by atoms with Crippen LogP contribution < -0.4 is 14.8 Å². The minimum absolute atomic E-state index is 0.612. The van der Waals surface area contributed by atoms with Crippen molar-refractivity contribution < 1.29 is 9.47 Å². The monoisotopic (exact) mass is 430 g/mol. The van der Waals surface area contributed by atoms with Crippen LogP contribution in [0.2, 0.25) is 0 Å². The number of hydrogen-bond acceptors (Lipinski definition) is 5. The smallest absolute Gasteiger partial charge is 0.158 e. The number of ether oxygens (including phenoxy) is 2. The number of aryl methyl sites for hydroxylation is 4. The molecule has 0 saturated carbocycles. The summed E-state index contributed by atoms with van der Waals surface area (Å²) in [5, 5.41) is 14.7. The lowest BCUT2D eigenvalue weighted by atomic mass is 10.1. The molecule has 0 unspecified atom stereocenters. The van der Waals surface area contributed by atoms with Crippen molar-refractivity contribution in [2.75, 3.05) is 19.0 Å². The summed E-state index contributed by atoms with van der Waals surface area (Å²) in [6, 6.07) is 14.3. The minimum Gasteiger partial charge on any atom is -0.494 e. The lowest BCUT2D eigenvalue weighted by molar-refractivity contribution is 0.336. The molecule has 1 N–H and O–H groups in total. The Balaban J connectivity index is 1.84. The van der Waals surface area contributed by atoms with E-state index in [1.807, 2.05) is 32.0 Å². The number of fused-ring (bicyclic) bond motifs is 1. The molecule has 0 amide bonds. The van der Waals surface area contributed by atoms with Gasteiger partial charge in [-0.2, -0.15) is 5.10 Å². The Kier molecular flexibility index (Phi) is 6.04. The van der Waals surface area contributed by atoms with Gasteiger partial charge in [-0.15, -0.1) is 5.10 Å². The Bertz CT molecular complexity index is 1280. The van der Waals surface area contributed by atoms with E-state index in [9.17, 15) is 0 Å². The Labute approximate surface area is 189 Å². The molecular formula is C26H30N4O2. The number of nitrogens with zero attached hydrogens (tertiary/aromatic N) is 3. The first-order valence-corrected chi connectivity index (χ1v) is 10.9. The highest BCUT2D eigenvalue weighted by atomic mass is 16.5. The fourth-order valence-corrected chi connectivity index (χ4v) is 4.37. The van der Waals surface area contributed by atoms with Gasteiger partial charge in [0.05, 0.1) is 25.1 Å². The molecule has 0 spiro atoms. The van der Waals surface area contributed by atoms with Gasteiger partial charge in [-0.05, 0) is 57.9 Å². The zero-order valence-corrected chi connectivity index (χ0v) is 19.6. The molecule has 32 heavy (non-hydrogen) atoms. The maximum atomic E-state index is 5.72. The summed E-state index contributed by atoms with van der Waals surface area (Å²) in [7, 11) is 1.69. The van der Waals surface area contributed by atoms with Gasteiger partial charge in [0.25, 0.3) is 0 Å². The van der Waals surface area contributed by atoms with Gasteiger partial charge in [0.2, 0.25) is 0 Å². The van der Waals surface area contributed by atoms with Gasteiger partial charge < -0.3 is 19.4 Å². The van der Waals surface area contributed by atoms with E-state index in [4.69, 9.17) is 9.47 Å². The molecule has 0 aliphatic heterocycles. The first kappa shape index (κ1) is 21.7. The molecule has 0 fully saturated rings. The molecule has 0 bridgehead atoms. The predicted octanol–water partition coefficient (Wildman–Crippen LogP) is 5.67. The fourth-order valence-electron chi connectivity index (χ4n) is 4.37. The van der Waals surface area contributed by atoms with Crippen LogP contribution in [0, 0.1) is 27.7 Å². The first-order chi connectivity index (χ1) is 15.5. The van der Waals surface area contributed by atoms with E-state index >= 15 is 0 Å². The summed E-state index contributed by atoms with van der Waals surface area (Å²) in [5.41, 5.74) is 6.56. The van der Waals surface area contributed by atoms with Crippen LogP contribution in [0.15, 0.2) is 42.5 Å². The highest BCUT2D eigenvalue weighted by Crippen LogP contribution is 2.37. The second-order valence-electron chi connectivity index (χ2n) is 7.94. The minimum atomic E-state index is 0.612. The van der Waals surface area contributed by atoms with Crippen LogP contribution in [0.5, 0.6) is 11.5 Å². The number of nitrogens with one attached hydrogen (secondary N) is 1. The van der Waals surface area contributed by atoms with Crippen molar-refractivity contribution in [3.63, 3.8) is 0 Å². The fraction of sp³-hybridized carbons (Fsp3) is 0.308. The molecule has 2 aromatic heterocycles. The average molecular weight is 431 g/mol. The standard InChI is InChI=1S/C26H30N4O2/c1-7-32-21-12-13-22(23(14-21)31-6)30-18(4)24-17(3)28-29-26(25(24)19(30)5)27-15-20-11-9-8-10-16(20)2/h8-14H,7,15H2,1-6H3,(H,27,29). The Morgan fingerprint density at radius 1 is 0.938 bits per heavy atom. The molecule has 2 heterocycles. The summed E-state index contributed by atoms with van der Waals surface area (Å²) < 4.78 is 13.6. The van der Waals surface area contributed by atoms with Crippen molar-refractivity contribution in [2.45, 2.75) is 41.2 Å². The van der Waals surface area contributed by atoms with Gasteiger partial charge in [-0.25, -0.2) is 0 Å². The third-order valence-electron chi connectivity index (χ3n) is 5.95. The summed E-state index contributed by atoms with van der Waals surface area (Å²) in [5.74, 6) is 2.34. The summed E-state index contributed by atoms with van der Waals surface area (Å²) in [6.45, 7) is 11.6. The van der Waals surface area contributed by atoms with Crippen molar-refractivity contribution in [3.8, 4) is 17.2 Å². The number of aromatic nitrogens is 3. The van der Waals surface area contributed by atoms with E-state index < -0.39 is 0 Å². The average Bonchev–Trinajstić information content (AvgIpc) is 3.06. The molecule has 2 aromatic carbocycles. The van der Waals surface area contributed by atoms with Gasteiger partial charge in [0.15, 0.2) is 5.82 Å². The molecule has 0 aliphatic carbocycles. The summed E-state index contributed by atoms with van der Waals surface area (Å²) in [6.07, 6.45) is 0. The summed E-state index contributed by atoms with van der Waals surface area (Å²) in [4.78, 5) is 0. The van der Waals surface area contributed by atoms with Crippen LogP contribution in [-0.4, -0.2) is 28.5 Å². The maximum Gasteiger partial charge on any atom is 0.158 e. The number of anilines is 1. The molecule has 6 nitrogen and oxygen atoms in total. The molecule has 0 saturated heterocycles. The molecule has 0 aliphatic rings. The molecule has 4 rings (SSSR count). The Morgan fingerprint density at radius 3 is 2.41 bits per heavy atom. The highest BCUT2D eigenvalue weighted by molar-refractivity contribution is 5.98. The van der Waals surface area contributed by atoms with Gasteiger partial charge >= 0.3 is 0 Å². The predicted molar refractivity (Wildman–Crippen MR) is 129 cm³/mol. The van der Waals surface area contributed by atoms with Crippen molar-refractivity contribution in [1.82, 2.24) is 14.8 Å². The van der Waals surface area contributed by atoms with Gasteiger partial charge in [-0.3, -0.25) is 0 Å². The molecule has 166 valence electrons. The highest BCUT2D eigenvalue weighted by Gasteiger charge is 2.21. The van der Waals surface area contributed by atoms with Crippen LogP contribution in [0.25, 0.3) is 16.5 Å². The van der Waals surface area contributed by atoms with Crippen molar-refractivity contribution in [2.24, 2.45) is 0 Å². The van der Waals surface area contributed by atoms with Crippen molar-refractivity contribution in [3.05, 3.63) is 70.7 Å². The van der Waals surface area contributed by atoms with Crippen LogP contribution in [0.1, 0.15) is 35.1 Å². The largest absolute Gasteiger partial charge is 0.494 e. The van der Waals surface area contributed by atoms with Gasteiger partial charge in [0.1, 0.15) is 11.5 Å². The van der Waals surface area contributed by atoms with Crippen LogP contribution >= 0.6 is 0 Å². The topological polar surface area (TPSA) is 61.2 Å². The molecule has 0 atom stereocenters. The normalized spacial score (nSPS) is 11.1. The Hall–Kier alpha value is -3.54. The van der Waals surface area contributed by atoms with Crippen molar-refractivity contribution in [1.29, 1.82) is 0 Å². The Morgan fingerprint density at radius 2 is 1.69 bits per heavy atom. The summed E-state index contributed by atoms with van der Waals surface area (Å²) >= 11 is 0. The lowest BCUT2D eigenvalue weighted by Gasteiger charge is -2.15. The van der Waals surface area contributed by atoms with Crippen LogP contribution in [0.3, 0.4) is 0 Å². The van der Waals surface area contributed by atoms with E-state index in [0.29, 0.717) is 13.2 Å². The molecular weight excluding hydrogens is 400 g/mol. The second kappa shape index (κ2) is 8.91. The first-order valence-electron chi connectivity index (χ1n) is 10.9. The number of hydrogen-bond donors (Lipinski definition) is 1. The van der Waals surface area contributed by atoms with Crippen LogP contribution in [0.4, 0.5) is 5.82 Å². The van der Waals surface area contributed by atoms with E-state index in [1.165, 1.54) is 11.1 Å². The zero-order chi connectivity index (χ0) is 22.8. The van der Waals surface area contributed by atoms with Crippen molar-refractivity contribution >= 4 is 16.6 Å². The number of rotatable bonds is 7. The SMILES string of the molecule is CCOc1ccc(-n2c(C)c3c(C)nnc(NCc4ccccc4C)c3c2C)c(OC)c1. The van der Waals surface area contributed by atoms with E-state index in [2.05, 4.69) is 65.1 Å². The van der Waals surface area contributed by atoms with E-state index in [-0.39, 0.29) is 0 Å². The van der Waals surface area contributed by atoms with Gasteiger partial charge in [0, 0.05) is 34.8 Å². The second-order valence-corrected chi connectivity index (χ2v) is 7.94. The zero-order valence-electron chi connectivity index (χ0n) is 19.6. The van der Waals surface area contributed by atoms with Crippen LogP contribution in [-0.2, 0) is 6.54 Å². The maximum absolute atomic E-state index is 5.72. The van der Waals surface area contributed by atoms with E-state index in [1.54, 1.807) is 7.11 Å². The quantitative estimate of drug-likeness (QED) is 0.409. The van der Waals surface area contributed by atoms with Gasteiger partial charge in [-0.1, -0.05) is 24.3 Å². The van der Waals surface area contributed by atoms with E-state index in [0.717, 1.165) is 50.9 Å². The molecule has 0 radical (unpaired) electrons. The molecule has 6 heteroatoms. The molecule has 4 aromatic rings. The number of methoxy groups -OCH3 is 1.